The first-order valence-corrected chi connectivity index (χ1v) is 8.93. The molecule has 1 aliphatic rings. The molecule has 2 heterocycles. The fourth-order valence-corrected chi connectivity index (χ4v) is 3.54. The van der Waals surface area contributed by atoms with Crippen molar-refractivity contribution in [2.45, 2.75) is 13.5 Å². The molecule has 0 saturated heterocycles. The predicted octanol–water partition coefficient (Wildman–Crippen LogP) is 4.56. The maximum absolute atomic E-state index is 14.6. The molecule has 0 unspecified atom stereocenters. The molecule has 0 spiro atoms. The average molecular weight is 401 g/mol. The molecule has 3 aromatic rings. The summed E-state index contributed by atoms with van der Waals surface area (Å²) in [7, 11) is 0. The van der Waals surface area contributed by atoms with Gasteiger partial charge in [0.15, 0.2) is 5.82 Å². The smallest absolute Gasteiger partial charge is 0.159 e. The van der Waals surface area contributed by atoms with Gasteiger partial charge in [-0.3, -0.25) is 9.56 Å². The minimum atomic E-state index is -0.729. The average Bonchev–Trinajstić information content (AvgIpc) is 3.07. The summed E-state index contributed by atoms with van der Waals surface area (Å²) in [4.78, 5) is 4.44. The zero-order valence-corrected chi connectivity index (χ0v) is 15.7. The van der Waals surface area contributed by atoms with E-state index in [2.05, 4.69) is 21.8 Å². The van der Waals surface area contributed by atoms with Gasteiger partial charge in [0.1, 0.15) is 30.3 Å². The first-order chi connectivity index (χ1) is 13.5. The van der Waals surface area contributed by atoms with Crippen molar-refractivity contribution in [2.75, 3.05) is 6.61 Å². The second-order valence-corrected chi connectivity index (χ2v) is 6.43. The zero-order chi connectivity index (χ0) is 19.8. The van der Waals surface area contributed by atoms with E-state index < -0.39 is 11.6 Å². The molecule has 4 rings (SSSR count). The minimum Gasteiger partial charge on any atom is -0.494 e. The highest BCUT2D eigenvalue weighted by Crippen LogP contribution is 2.36. The van der Waals surface area contributed by atoms with Crippen molar-refractivity contribution in [1.29, 1.82) is 0 Å². The Hall–Kier alpha value is -3.06. The molecule has 0 N–H and O–H groups in total. The minimum absolute atomic E-state index is 0.0931. The topological polar surface area (TPSA) is 52.3 Å². The molecule has 28 heavy (non-hydrogen) atoms. The fraction of sp³-hybridized carbons (Fsp3) is 0.150. The van der Waals surface area contributed by atoms with Gasteiger partial charge in [-0.25, -0.2) is 8.78 Å². The SMILES string of the molecule is C=C(OCC)c1ccc2c(c1Cl)C(c1c(F)cccc1F)=NCc1nncn1-2. The molecule has 0 saturated carbocycles. The molecule has 142 valence electrons. The highest BCUT2D eigenvalue weighted by Gasteiger charge is 2.28. The molecular weight excluding hydrogens is 386 g/mol. The van der Waals surface area contributed by atoms with Gasteiger partial charge in [0.05, 0.1) is 28.6 Å². The summed E-state index contributed by atoms with van der Waals surface area (Å²) in [5.74, 6) is -0.572. The molecule has 1 aliphatic heterocycles. The van der Waals surface area contributed by atoms with Gasteiger partial charge in [0.25, 0.3) is 0 Å². The predicted molar refractivity (Wildman–Crippen MR) is 103 cm³/mol. The molecule has 1 aromatic heterocycles. The summed E-state index contributed by atoms with van der Waals surface area (Å²) in [6.07, 6.45) is 1.51. The van der Waals surface area contributed by atoms with E-state index in [4.69, 9.17) is 16.3 Å². The van der Waals surface area contributed by atoms with E-state index in [0.29, 0.717) is 35.0 Å². The first kappa shape index (κ1) is 18.3. The molecule has 0 amide bonds. The number of nitrogens with zero attached hydrogens (tertiary/aromatic N) is 4. The van der Waals surface area contributed by atoms with Crippen molar-refractivity contribution in [3.8, 4) is 5.69 Å². The van der Waals surface area contributed by atoms with Gasteiger partial charge in [-0.05, 0) is 31.2 Å². The van der Waals surface area contributed by atoms with Crippen molar-refractivity contribution in [3.05, 3.63) is 82.4 Å². The summed E-state index contributed by atoms with van der Waals surface area (Å²) in [5.41, 5.74) is 1.30. The fourth-order valence-electron chi connectivity index (χ4n) is 3.18. The highest BCUT2D eigenvalue weighted by atomic mass is 35.5. The number of rotatable bonds is 4. The van der Waals surface area contributed by atoms with Crippen LogP contribution in [0.2, 0.25) is 5.02 Å². The second-order valence-electron chi connectivity index (χ2n) is 6.06. The number of aliphatic imine (C=N–C) groups is 1. The number of fused-ring (bicyclic) bond motifs is 3. The third kappa shape index (κ3) is 2.88. The van der Waals surface area contributed by atoms with Crippen LogP contribution in [-0.2, 0) is 11.3 Å². The second kappa shape index (κ2) is 7.16. The van der Waals surface area contributed by atoms with Crippen LogP contribution in [-0.4, -0.2) is 27.1 Å². The Morgan fingerprint density at radius 1 is 1.21 bits per heavy atom. The van der Waals surface area contributed by atoms with Crippen LogP contribution < -0.4 is 0 Å². The van der Waals surface area contributed by atoms with Gasteiger partial charge in [-0.2, -0.15) is 0 Å². The lowest BCUT2D eigenvalue weighted by Gasteiger charge is -2.18. The van der Waals surface area contributed by atoms with Crippen molar-refractivity contribution in [3.63, 3.8) is 0 Å². The van der Waals surface area contributed by atoms with Crippen molar-refractivity contribution >= 4 is 23.1 Å². The Bertz CT molecular complexity index is 1100. The zero-order valence-electron chi connectivity index (χ0n) is 14.9. The van der Waals surface area contributed by atoms with E-state index in [1.54, 1.807) is 16.7 Å². The van der Waals surface area contributed by atoms with Crippen LogP contribution in [0.3, 0.4) is 0 Å². The van der Waals surface area contributed by atoms with Crippen LogP contribution >= 0.6 is 11.6 Å². The van der Waals surface area contributed by atoms with E-state index >= 15 is 0 Å². The summed E-state index contributed by atoms with van der Waals surface area (Å²) < 4.78 is 36.3. The van der Waals surface area contributed by atoms with E-state index in [0.717, 1.165) is 0 Å². The van der Waals surface area contributed by atoms with Gasteiger partial charge < -0.3 is 4.74 Å². The van der Waals surface area contributed by atoms with Crippen LogP contribution in [0, 0.1) is 11.6 Å². The largest absolute Gasteiger partial charge is 0.494 e. The number of ether oxygens (including phenoxy) is 1. The van der Waals surface area contributed by atoms with E-state index in [-0.39, 0.29) is 22.8 Å². The Morgan fingerprint density at radius 2 is 1.96 bits per heavy atom. The maximum Gasteiger partial charge on any atom is 0.159 e. The Labute approximate surface area is 165 Å². The van der Waals surface area contributed by atoms with E-state index in [9.17, 15) is 8.78 Å². The maximum atomic E-state index is 14.6. The lowest BCUT2D eigenvalue weighted by Crippen LogP contribution is -2.13. The lowest BCUT2D eigenvalue weighted by atomic mass is 9.96. The standard InChI is InChI=1S/C20H15ClF2N4O/c1-3-28-11(2)12-7-8-15-18(19(12)21)20(17-13(22)5-4-6-14(17)23)24-9-16-26-25-10-27(15)16/h4-8,10H,2-3,9H2,1H3. The van der Waals surface area contributed by atoms with E-state index in [1.165, 1.54) is 24.5 Å². The number of hydrogen-bond acceptors (Lipinski definition) is 4. The van der Waals surface area contributed by atoms with Crippen LogP contribution in [0.4, 0.5) is 8.78 Å². The number of halogens is 3. The van der Waals surface area contributed by atoms with Crippen molar-refractivity contribution < 1.29 is 13.5 Å². The molecule has 0 fully saturated rings. The number of hydrogen-bond donors (Lipinski definition) is 0. The molecular formula is C20H15ClF2N4O. The number of benzene rings is 2. The molecule has 0 bridgehead atoms. The molecule has 5 nitrogen and oxygen atoms in total. The molecule has 0 atom stereocenters. The highest BCUT2D eigenvalue weighted by molar-refractivity contribution is 6.37. The Balaban J connectivity index is 2.03. The summed E-state index contributed by atoms with van der Waals surface area (Å²) in [6.45, 7) is 6.22. The quantitative estimate of drug-likeness (QED) is 0.603. The monoisotopic (exact) mass is 400 g/mol. The summed E-state index contributed by atoms with van der Waals surface area (Å²) in [5, 5.41) is 8.18. The van der Waals surface area contributed by atoms with Gasteiger partial charge in [-0.1, -0.05) is 24.2 Å². The summed E-state index contributed by atoms with van der Waals surface area (Å²) in [6, 6.07) is 7.16. The first-order valence-electron chi connectivity index (χ1n) is 8.56. The van der Waals surface area contributed by atoms with Crippen molar-refractivity contribution in [2.24, 2.45) is 4.99 Å². The molecule has 8 heteroatoms. The van der Waals surface area contributed by atoms with E-state index in [1.807, 2.05) is 6.92 Å². The van der Waals surface area contributed by atoms with Gasteiger partial charge in [0.2, 0.25) is 0 Å². The van der Waals surface area contributed by atoms with Crippen LogP contribution in [0.1, 0.15) is 29.4 Å². The van der Waals surface area contributed by atoms with Gasteiger partial charge in [-0.15, -0.1) is 10.2 Å². The van der Waals surface area contributed by atoms with Crippen LogP contribution in [0.15, 0.2) is 48.2 Å². The molecule has 0 radical (unpaired) electrons. The molecule has 0 aliphatic carbocycles. The normalized spacial score (nSPS) is 12.6. The van der Waals surface area contributed by atoms with Gasteiger partial charge >= 0.3 is 0 Å². The van der Waals surface area contributed by atoms with Crippen LogP contribution in [0.5, 0.6) is 0 Å². The molecule has 2 aromatic carbocycles. The third-order valence-corrected chi connectivity index (χ3v) is 4.82. The Morgan fingerprint density at radius 3 is 2.68 bits per heavy atom. The van der Waals surface area contributed by atoms with Gasteiger partial charge in [0, 0.05) is 11.1 Å². The summed E-state index contributed by atoms with van der Waals surface area (Å²) >= 11 is 6.69. The lowest BCUT2D eigenvalue weighted by molar-refractivity contribution is 0.299. The van der Waals surface area contributed by atoms with Crippen molar-refractivity contribution in [1.82, 2.24) is 14.8 Å². The van der Waals surface area contributed by atoms with Crippen LogP contribution in [0.25, 0.3) is 11.4 Å². The number of aromatic nitrogens is 3. The third-order valence-electron chi connectivity index (χ3n) is 4.43. The Kier molecular flexibility index (Phi) is 4.68.